The molecule has 2 heterocycles. The fourth-order valence-corrected chi connectivity index (χ4v) is 2.70. The van der Waals surface area contributed by atoms with Crippen molar-refractivity contribution in [3.05, 3.63) is 40.4 Å². The van der Waals surface area contributed by atoms with Crippen LogP contribution in [0.3, 0.4) is 0 Å². The van der Waals surface area contributed by atoms with E-state index in [1.807, 2.05) is 29.0 Å². The third-order valence-corrected chi connectivity index (χ3v) is 3.61. The van der Waals surface area contributed by atoms with Crippen LogP contribution in [0, 0.1) is 4.77 Å². The molecule has 5 nitrogen and oxygen atoms in total. The lowest BCUT2D eigenvalue weighted by Crippen LogP contribution is -2.05. The minimum atomic E-state index is 0.696. The highest BCUT2D eigenvalue weighted by Gasteiger charge is 2.07. The maximum Gasteiger partial charge on any atom is 0.178 e. The second kappa shape index (κ2) is 5.14. The Hall–Kier alpha value is -1.66. The lowest BCUT2D eigenvalue weighted by Gasteiger charge is -2.05. The number of rotatable bonds is 4. The van der Waals surface area contributed by atoms with Gasteiger partial charge in [-0.1, -0.05) is 22.9 Å². The summed E-state index contributed by atoms with van der Waals surface area (Å²) in [5.41, 5.74) is 1.94. The molecule has 3 aromatic rings. The lowest BCUT2D eigenvalue weighted by atomic mass is 10.3. The quantitative estimate of drug-likeness (QED) is 0.752. The molecule has 0 radical (unpaired) electrons. The number of halogens is 1. The van der Waals surface area contributed by atoms with E-state index >= 15 is 0 Å². The molecule has 0 amide bonds. The van der Waals surface area contributed by atoms with E-state index in [1.54, 1.807) is 10.9 Å². The minimum absolute atomic E-state index is 0.696. The first-order valence-electron chi connectivity index (χ1n) is 5.97. The van der Waals surface area contributed by atoms with Crippen molar-refractivity contribution in [2.24, 2.45) is 0 Å². The first-order valence-corrected chi connectivity index (χ1v) is 6.75. The highest BCUT2D eigenvalue weighted by molar-refractivity contribution is 7.71. The zero-order valence-corrected chi connectivity index (χ0v) is 11.7. The number of benzene rings is 1. The van der Waals surface area contributed by atoms with Crippen LogP contribution in [-0.4, -0.2) is 24.5 Å². The molecule has 0 saturated carbocycles. The van der Waals surface area contributed by atoms with E-state index in [2.05, 4.69) is 15.3 Å². The molecule has 7 heteroatoms. The fraction of sp³-hybridized carbons (Fsp3) is 0.250. The maximum atomic E-state index is 6.24. The Bertz CT molecular complexity index is 743. The van der Waals surface area contributed by atoms with Gasteiger partial charge in [0.1, 0.15) is 0 Å². The molecule has 0 atom stereocenters. The number of nitrogens with zero attached hydrogens (tertiary/aromatic N) is 4. The Morgan fingerprint density at radius 3 is 3.00 bits per heavy atom. The average molecular weight is 294 g/mol. The normalized spacial score (nSPS) is 11.2. The fourth-order valence-electron chi connectivity index (χ4n) is 2.13. The third-order valence-electron chi connectivity index (χ3n) is 2.98. The summed E-state index contributed by atoms with van der Waals surface area (Å²) < 4.78 is 4.53. The van der Waals surface area contributed by atoms with Crippen LogP contribution in [0.4, 0.5) is 0 Å². The lowest BCUT2D eigenvalue weighted by molar-refractivity contribution is 0.517. The van der Waals surface area contributed by atoms with E-state index in [0.29, 0.717) is 9.79 Å². The maximum absolute atomic E-state index is 6.24. The number of H-pyrrole nitrogens is 1. The molecule has 0 bridgehead atoms. The van der Waals surface area contributed by atoms with E-state index in [-0.39, 0.29) is 0 Å². The summed E-state index contributed by atoms with van der Waals surface area (Å²) in [5.74, 6) is 0. The molecular formula is C12H12ClN5S. The van der Waals surface area contributed by atoms with Crippen LogP contribution < -0.4 is 0 Å². The molecule has 0 aliphatic rings. The number of imidazole rings is 1. The van der Waals surface area contributed by atoms with Crippen molar-refractivity contribution >= 4 is 34.9 Å². The summed E-state index contributed by atoms with van der Waals surface area (Å²) in [5, 5.41) is 8.43. The zero-order chi connectivity index (χ0) is 13.2. The predicted molar refractivity (Wildman–Crippen MR) is 76.8 cm³/mol. The van der Waals surface area contributed by atoms with Gasteiger partial charge in [-0.15, -0.1) is 5.10 Å². The summed E-state index contributed by atoms with van der Waals surface area (Å²) in [4.78, 5) is 3.17. The van der Waals surface area contributed by atoms with Crippen LogP contribution in [0.25, 0.3) is 11.0 Å². The van der Waals surface area contributed by atoms with Crippen molar-refractivity contribution in [2.75, 3.05) is 0 Å². The van der Waals surface area contributed by atoms with Crippen LogP contribution >= 0.6 is 23.8 Å². The van der Waals surface area contributed by atoms with E-state index in [4.69, 9.17) is 23.8 Å². The Labute approximate surface area is 119 Å². The molecule has 98 valence electrons. The summed E-state index contributed by atoms with van der Waals surface area (Å²) >= 11 is 11.6. The highest BCUT2D eigenvalue weighted by atomic mass is 35.5. The second-order valence-corrected chi connectivity index (χ2v) is 5.03. The van der Waals surface area contributed by atoms with Gasteiger partial charge in [-0.05, 0) is 30.8 Å². The monoisotopic (exact) mass is 293 g/mol. The molecule has 2 aromatic heterocycles. The van der Waals surface area contributed by atoms with E-state index in [0.717, 1.165) is 30.5 Å². The first kappa shape index (κ1) is 12.4. The molecule has 19 heavy (non-hydrogen) atoms. The van der Waals surface area contributed by atoms with Gasteiger partial charge in [0.2, 0.25) is 0 Å². The van der Waals surface area contributed by atoms with Crippen LogP contribution in [0.1, 0.15) is 6.42 Å². The van der Waals surface area contributed by atoms with Gasteiger partial charge in [0.15, 0.2) is 4.77 Å². The van der Waals surface area contributed by atoms with Crippen molar-refractivity contribution in [3.63, 3.8) is 0 Å². The minimum Gasteiger partial charge on any atom is -0.331 e. The number of aromatic amines is 1. The van der Waals surface area contributed by atoms with Crippen LogP contribution in [0.15, 0.2) is 30.6 Å². The number of para-hydroxylation sites is 1. The number of aryl methyl sites for hydroxylation is 2. The first-order chi connectivity index (χ1) is 9.25. The molecule has 3 rings (SSSR count). The summed E-state index contributed by atoms with van der Waals surface area (Å²) in [6, 6.07) is 5.76. The van der Waals surface area contributed by atoms with Crippen LogP contribution in [0.2, 0.25) is 5.02 Å². The largest absolute Gasteiger partial charge is 0.331 e. The van der Waals surface area contributed by atoms with Gasteiger partial charge < -0.3 is 9.55 Å². The van der Waals surface area contributed by atoms with Gasteiger partial charge in [-0.25, -0.2) is 0 Å². The Morgan fingerprint density at radius 1 is 1.32 bits per heavy atom. The molecule has 1 aromatic carbocycles. The van der Waals surface area contributed by atoms with Crippen molar-refractivity contribution in [1.29, 1.82) is 0 Å². The third kappa shape index (κ3) is 2.41. The summed E-state index contributed by atoms with van der Waals surface area (Å²) in [6.45, 7) is 1.60. The molecule has 0 aliphatic heterocycles. The Balaban J connectivity index is 1.84. The van der Waals surface area contributed by atoms with E-state index in [1.165, 1.54) is 0 Å². The second-order valence-electron chi connectivity index (χ2n) is 4.24. The molecule has 0 saturated heterocycles. The SMILES string of the molecule is S=c1[nH]c2cccc(Cl)c2n1CCCn1ccnn1. The van der Waals surface area contributed by atoms with Crippen molar-refractivity contribution in [1.82, 2.24) is 24.5 Å². The van der Waals surface area contributed by atoms with Crippen LogP contribution in [-0.2, 0) is 13.1 Å². The Kier molecular flexibility index (Phi) is 3.35. The number of fused-ring (bicyclic) bond motifs is 1. The molecular weight excluding hydrogens is 282 g/mol. The number of nitrogens with one attached hydrogen (secondary N) is 1. The van der Waals surface area contributed by atoms with Crippen LogP contribution in [0.5, 0.6) is 0 Å². The standard InChI is InChI=1S/C12H12ClN5S/c13-9-3-1-4-10-11(9)18(12(19)15-10)7-2-6-17-8-5-14-16-17/h1,3-5,8H,2,6-7H2,(H,15,19). The molecule has 0 fully saturated rings. The summed E-state index contributed by atoms with van der Waals surface area (Å²) in [7, 11) is 0. The molecule has 0 unspecified atom stereocenters. The van der Waals surface area contributed by atoms with Crippen molar-refractivity contribution in [3.8, 4) is 0 Å². The van der Waals surface area contributed by atoms with Gasteiger partial charge in [-0.3, -0.25) is 4.68 Å². The van der Waals surface area contributed by atoms with Gasteiger partial charge in [0.25, 0.3) is 0 Å². The van der Waals surface area contributed by atoms with Crippen molar-refractivity contribution < 1.29 is 0 Å². The van der Waals surface area contributed by atoms with E-state index < -0.39 is 0 Å². The highest BCUT2D eigenvalue weighted by Crippen LogP contribution is 2.23. The number of aromatic nitrogens is 5. The molecule has 1 N–H and O–H groups in total. The van der Waals surface area contributed by atoms with Gasteiger partial charge in [-0.2, -0.15) is 0 Å². The topological polar surface area (TPSA) is 51.4 Å². The number of hydrogen-bond donors (Lipinski definition) is 1. The smallest absolute Gasteiger partial charge is 0.178 e. The van der Waals surface area contributed by atoms with E-state index in [9.17, 15) is 0 Å². The number of hydrogen-bond acceptors (Lipinski definition) is 3. The van der Waals surface area contributed by atoms with Gasteiger partial charge >= 0.3 is 0 Å². The molecule has 0 spiro atoms. The zero-order valence-electron chi connectivity index (χ0n) is 10.1. The van der Waals surface area contributed by atoms with Gasteiger partial charge in [0, 0.05) is 19.3 Å². The Morgan fingerprint density at radius 2 is 2.21 bits per heavy atom. The van der Waals surface area contributed by atoms with Crippen molar-refractivity contribution in [2.45, 2.75) is 19.5 Å². The van der Waals surface area contributed by atoms with Gasteiger partial charge in [0.05, 0.1) is 22.3 Å². The predicted octanol–water partition coefficient (Wildman–Crippen LogP) is 3.03. The summed E-state index contributed by atoms with van der Waals surface area (Å²) in [6.07, 6.45) is 4.44. The molecule has 0 aliphatic carbocycles. The average Bonchev–Trinajstić information content (AvgIpc) is 2.99.